The molecule has 1 amide bonds. The lowest BCUT2D eigenvalue weighted by Gasteiger charge is -2.12. The first kappa shape index (κ1) is 18.5. The summed E-state index contributed by atoms with van der Waals surface area (Å²) in [5.41, 5.74) is 0.587. The molecule has 1 atom stereocenters. The summed E-state index contributed by atoms with van der Waals surface area (Å²) in [6, 6.07) is 4.70. The average Bonchev–Trinajstić information content (AvgIpc) is 3.00. The second kappa shape index (κ2) is 8.82. The molecule has 2 N–H and O–H groups in total. The predicted molar refractivity (Wildman–Crippen MR) is 85.9 cm³/mol. The van der Waals surface area contributed by atoms with Crippen LogP contribution >= 0.6 is 24.0 Å². The third kappa shape index (κ3) is 5.05. The van der Waals surface area contributed by atoms with E-state index >= 15 is 0 Å². The zero-order valence-corrected chi connectivity index (χ0v) is 13.6. The summed E-state index contributed by atoms with van der Waals surface area (Å²) in [7, 11) is 1.28. The fourth-order valence-corrected chi connectivity index (χ4v) is 2.26. The van der Waals surface area contributed by atoms with Gasteiger partial charge < -0.3 is 20.1 Å². The number of hydrogen-bond donors (Lipinski definition) is 2. The molecular formula is C14H18Cl2N2O4. The van der Waals surface area contributed by atoms with E-state index in [1.54, 1.807) is 18.2 Å². The molecule has 0 bridgehead atoms. The fraction of sp³-hybridized carbons (Fsp3) is 0.429. The Hall–Kier alpha value is -1.50. The van der Waals surface area contributed by atoms with Gasteiger partial charge in [0.1, 0.15) is 5.75 Å². The summed E-state index contributed by atoms with van der Waals surface area (Å²) in [6.45, 7) is 0.646. The van der Waals surface area contributed by atoms with E-state index in [9.17, 15) is 9.59 Å². The summed E-state index contributed by atoms with van der Waals surface area (Å²) in [4.78, 5) is 23.0. The monoisotopic (exact) mass is 348 g/mol. The molecule has 0 radical (unpaired) electrons. The quantitative estimate of drug-likeness (QED) is 0.796. The molecule has 2 rings (SSSR count). The molecule has 0 aliphatic carbocycles. The standard InChI is InChI=1S/C14H17ClN2O4.ClH/c1-20-13(18)8-21-12-5-4-9(7-10(12)15)17-14(19)11-3-2-6-16-11;/h4-5,7,11,16H,2-3,6,8H2,1H3,(H,17,19);1H. The molecule has 22 heavy (non-hydrogen) atoms. The molecule has 1 fully saturated rings. The summed E-state index contributed by atoms with van der Waals surface area (Å²) >= 11 is 6.06. The molecule has 1 aliphatic heterocycles. The van der Waals surface area contributed by atoms with Crippen molar-refractivity contribution in [2.24, 2.45) is 0 Å². The Labute approximate surface area is 139 Å². The first-order valence-electron chi connectivity index (χ1n) is 6.63. The number of amides is 1. The zero-order chi connectivity index (χ0) is 15.2. The number of halogens is 2. The van der Waals surface area contributed by atoms with Crippen LogP contribution in [0, 0.1) is 0 Å². The van der Waals surface area contributed by atoms with Gasteiger partial charge in [0.15, 0.2) is 6.61 Å². The Bertz CT molecular complexity index is 534. The van der Waals surface area contributed by atoms with Crippen LogP contribution in [0.2, 0.25) is 5.02 Å². The van der Waals surface area contributed by atoms with E-state index in [0.29, 0.717) is 16.5 Å². The fourth-order valence-electron chi connectivity index (χ4n) is 2.03. The molecule has 122 valence electrons. The van der Waals surface area contributed by atoms with Crippen LogP contribution in [-0.4, -0.2) is 38.2 Å². The van der Waals surface area contributed by atoms with Crippen LogP contribution in [-0.2, 0) is 14.3 Å². The third-order valence-corrected chi connectivity index (χ3v) is 3.44. The molecule has 1 unspecified atom stereocenters. The van der Waals surface area contributed by atoms with Crippen LogP contribution < -0.4 is 15.4 Å². The summed E-state index contributed by atoms with van der Waals surface area (Å²) in [6.07, 6.45) is 1.83. The van der Waals surface area contributed by atoms with Crippen LogP contribution in [0.15, 0.2) is 18.2 Å². The number of hydrogen-bond acceptors (Lipinski definition) is 5. The zero-order valence-electron chi connectivity index (χ0n) is 12.1. The molecule has 1 aliphatic rings. The van der Waals surface area contributed by atoms with E-state index in [1.807, 2.05) is 0 Å². The van der Waals surface area contributed by atoms with Crippen molar-refractivity contribution in [3.63, 3.8) is 0 Å². The molecule has 1 aromatic rings. The number of benzene rings is 1. The third-order valence-electron chi connectivity index (χ3n) is 3.15. The summed E-state index contributed by atoms with van der Waals surface area (Å²) < 4.78 is 9.69. The van der Waals surface area contributed by atoms with Crippen molar-refractivity contribution in [2.45, 2.75) is 18.9 Å². The molecule has 1 heterocycles. The van der Waals surface area contributed by atoms with Gasteiger partial charge >= 0.3 is 5.97 Å². The molecule has 1 saturated heterocycles. The van der Waals surface area contributed by atoms with E-state index in [2.05, 4.69) is 15.4 Å². The van der Waals surface area contributed by atoms with Crippen molar-refractivity contribution < 1.29 is 19.1 Å². The van der Waals surface area contributed by atoms with Crippen LogP contribution in [0.25, 0.3) is 0 Å². The largest absolute Gasteiger partial charge is 0.480 e. The van der Waals surface area contributed by atoms with Gasteiger partial charge in [-0.1, -0.05) is 11.6 Å². The van der Waals surface area contributed by atoms with Crippen molar-refractivity contribution in [1.82, 2.24) is 5.32 Å². The second-order valence-corrected chi connectivity index (χ2v) is 5.06. The van der Waals surface area contributed by atoms with Gasteiger partial charge in [-0.15, -0.1) is 12.4 Å². The van der Waals surface area contributed by atoms with Gasteiger partial charge in [0.25, 0.3) is 0 Å². The number of nitrogens with one attached hydrogen (secondary N) is 2. The Morgan fingerprint density at radius 2 is 2.23 bits per heavy atom. The highest BCUT2D eigenvalue weighted by molar-refractivity contribution is 6.32. The molecule has 8 heteroatoms. The molecule has 6 nitrogen and oxygen atoms in total. The number of ether oxygens (including phenoxy) is 2. The van der Waals surface area contributed by atoms with Crippen molar-refractivity contribution in [2.75, 3.05) is 25.6 Å². The van der Waals surface area contributed by atoms with Gasteiger partial charge in [0.2, 0.25) is 5.91 Å². The lowest BCUT2D eigenvalue weighted by molar-refractivity contribution is -0.142. The van der Waals surface area contributed by atoms with Crippen LogP contribution in [0.5, 0.6) is 5.75 Å². The highest BCUT2D eigenvalue weighted by Crippen LogP contribution is 2.28. The number of carbonyl (C=O) groups is 2. The summed E-state index contributed by atoms with van der Waals surface area (Å²) in [5, 5.41) is 6.23. The predicted octanol–water partition coefficient (Wildman–Crippen LogP) is 2.00. The molecule has 0 saturated carbocycles. The van der Waals surface area contributed by atoms with E-state index < -0.39 is 5.97 Å². The lowest BCUT2D eigenvalue weighted by atomic mass is 10.2. The van der Waals surface area contributed by atoms with Crippen molar-refractivity contribution in [1.29, 1.82) is 0 Å². The smallest absolute Gasteiger partial charge is 0.343 e. The highest BCUT2D eigenvalue weighted by atomic mass is 35.5. The Balaban J connectivity index is 0.00000242. The van der Waals surface area contributed by atoms with E-state index in [0.717, 1.165) is 19.4 Å². The molecule has 1 aromatic carbocycles. The Kier molecular flexibility index (Phi) is 7.44. The Morgan fingerprint density at radius 1 is 1.45 bits per heavy atom. The lowest BCUT2D eigenvalue weighted by Crippen LogP contribution is -2.35. The first-order valence-corrected chi connectivity index (χ1v) is 7.01. The Morgan fingerprint density at radius 3 is 2.82 bits per heavy atom. The molecular weight excluding hydrogens is 331 g/mol. The SMILES string of the molecule is COC(=O)COc1ccc(NC(=O)C2CCCN2)cc1Cl.Cl. The van der Waals surface area contributed by atoms with Crippen LogP contribution in [0.1, 0.15) is 12.8 Å². The minimum Gasteiger partial charge on any atom is -0.480 e. The minimum absolute atomic E-state index is 0. The maximum absolute atomic E-state index is 12.0. The van der Waals surface area contributed by atoms with E-state index in [4.69, 9.17) is 16.3 Å². The number of esters is 1. The van der Waals surface area contributed by atoms with Gasteiger partial charge in [-0.3, -0.25) is 4.79 Å². The van der Waals surface area contributed by atoms with Crippen LogP contribution in [0.4, 0.5) is 5.69 Å². The topological polar surface area (TPSA) is 76.7 Å². The van der Waals surface area contributed by atoms with Crippen molar-refractivity contribution in [3.8, 4) is 5.75 Å². The number of rotatable bonds is 5. The second-order valence-electron chi connectivity index (χ2n) is 4.65. The maximum Gasteiger partial charge on any atom is 0.343 e. The normalized spacial score (nSPS) is 16.5. The van der Waals surface area contributed by atoms with Gasteiger partial charge in [-0.2, -0.15) is 0 Å². The van der Waals surface area contributed by atoms with E-state index in [1.165, 1.54) is 7.11 Å². The summed E-state index contributed by atoms with van der Waals surface area (Å²) in [5.74, 6) is -0.207. The van der Waals surface area contributed by atoms with Crippen LogP contribution in [0.3, 0.4) is 0 Å². The van der Waals surface area contributed by atoms with Crippen molar-refractivity contribution in [3.05, 3.63) is 23.2 Å². The van der Waals surface area contributed by atoms with E-state index in [-0.39, 0.29) is 31.0 Å². The van der Waals surface area contributed by atoms with Gasteiger partial charge in [0.05, 0.1) is 18.2 Å². The number of carbonyl (C=O) groups excluding carboxylic acids is 2. The van der Waals surface area contributed by atoms with Gasteiger partial charge in [0, 0.05) is 5.69 Å². The average molecular weight is 349 g/mol. The number of methoxy groups -OCH3 is 1. The maximum atomic E-state index is 12.0. The molecule has 0 aromatic heterocycles. The van der Waals surface area contributed by atoms with Gasteiger partial charge in [-0.05, 0) is 37.6 Å². The highest BCUT2D eigenvalue weighted by Gasteiger charge is 2.22. The molecule has 0 spiro atoms. The number of anilines is 1. The minimum atomic E-state index is -0.490. The van der Waals surface area contributed by atoms with Gasteiger partial charge in [-0.25, -0.2) is 4.79 Å². The van der Waals surface area contributed by atoms with Crippen molar-refractivity contribution >= 4 is 41.6 Å². The first-order chi connectivity index (χ1) is 10.1.